The molecule has 1 N–H and O–H groups in total. The zero-order valence-electron chi connectivity index (χ0n) is 8.65. The zero-order valence-corrected chi connectivity index (χ0v) is 9.41. The van der Waals surface area contributed by atoms with Crippen LogP contribution in [0.25, 0.3) is 0 Å². The van der Waals surface area contributed by atoms with E-state index in [0.29, 0.717) is 12.5 Å². The molecule has 1 heterocycles. The standard InChI is InChI=1S/C10H12ClN3O2/c11-9-10(16)14(4-3-12-9)6-8(15)13-5-7-1-2-7/h3-4,7H,1-2,5-6H2,(H,13,15). The fourth-order valence-corrected chi connectivity index (χ4v) is 1.50. The molecule has 1 aromatic heterocycles. The average Bonchev–Trinajstić information content (AvgIpc) is 3.06. The van der Waals surface area contributed by atoms with Crippen molar-refractivity contribution in [3.05, 3.63) is 27.9 Å². The van der Waals surface area contributed by atoms with Crippen molar-refractivity contribution in [1.82, 2.24) is 14.9 Å². The highest BCUT2D eigenvalue weighted by atomic mass is 35.5. The minimum atomic E-state index is -0.439. The van der Waals surface area contributed by atoms with Gasteiger partial charge in [0.25, 0.3) is 5.56 Å². The van der Waals surface area contributed by atoms with E-state index in [9.17, 15) is 9.59 Å². The number of nitrogens with zero attached hydrogens (tertiary/aromatic N) is 2. The Labute approximate surface area is 97.4 Å². The van der Waals surface area contributed by atoms with E-state index < -0.39 is 5.56 Å². The molecule has 0 spiro atoms. The molecular formula is C10H12ClN3O2. The summed E-state index contributed by atoms with van der Waals surface area (Å²) in [5.74, 6) is 0.456. The van der Waals surface area contributed by atoms with Crippen LogP contribution in [0, 0.1) is 5.92 Å². The summed E-state index contributed by atoms with van der Waals surface area (Å²) in [4.78, 5) is 26.5. The Morgan fingerprint density at radius 1 is 1.62 bits per heavy atom. The van der Waals surface area contributed by atoms with E-state index in [4.69, 9.17) is 11.6 Å². The van der Waals surface area contributed by atoms with Crippen LogP contribution < -0.4 is 10.9 Å². The van der Waals surface area contributed by atoms with Crippen LogP contribution in [0.5, 0.6) is 0 Å². The van der Waals surface area contributed by atoms with Gasteiger partial charge in [-0.3, -0.25) is 9.59 Å². The number of carbonyl (C=O) groups excluding carboxylic acids is 1. The van der Waals surface area contributed by atoms with E-state index in [0.717, 1.165) is 0 Å². The van der Waals surface area contributed by atoms with Gasteiger partial charge in [-0.25, -0.2) is 4.98 Å². The Balaban J connectivity index is 1.94. The summed E-state index contributed by atoms with van der Waals surface area (Å²) in [7, 11) is 0. The number of hydrogen-bond donors (Lipinski definition) is 1. The normalized spacial score (nSPS) is 14.8. The third kappa shape index (κ3) is 2.82. The number of halogens is 1. The van der Waals surface area contributed by atoms with Crippen molar-refractivity contribution in [1.29, 1.82) is 0 Å². The summed E-state index contributed by atoms with van der Waals surface area (Å²) < 4.78 is 1.25. The molecule has 1 saturated carbocycles. The van der Waals surface area contributed by atoms with Gasteiger partial charge in [0.05, 0.1) is 0 Å². The van der Waals surface area contributed by atoms with Crippen molar-refractivity contribution < 1.29 is 4.79 Å². The largest absolute Gasteiger partial charge is 0.354 e. The van der Waals surface area contributed by atoms with Crippen LogP contribution in [-0.2, 0) is 11.3 Å². The molecule has 1 fully saturated rings. The second kappa shape index (κ2) is 4.65. The predicted molar refractivity (Wildman–Crippen MR) is 59.2 cm³/mol. The second-order valence-corrected chi connectivity index (χ2v) is 4.26. The van der Waals surface area contributed by atoms with Crippen LogP contribution in [0.4, 0.5) is 0 Å². The minimum Gasteiger partial charge on any atom is -0.354 e. The van der Waals surface area contributed by atoms with E-state index in [-0.39, 0.29) is 17.6 Å². The van der Waals surface area contributed by atoms with Crippen molar-refractivity contribution in [2.24, 2.45) is 5.92 Å². The average molecular weight is 242 g/mol. The van der Waals surface area contributed by atoms with Gasteiger partial charge in [0.2, 0.25) is 5.91 Å². The number of amides is 1. The Hall–Kier alpha value is -1.36. The Morgan fingerprint density at radius 2 is 2.38 bits per heavy atom. The van der Waals surface area contributed by atoms with Crippen molar-refractivity contribution in [3.63, 3.8) is 0 Å². The van der Waals surface area contributed by atoms with Gasteiger partial charge in [0.15, 0.2) is 5.15 Å². The molecule has 16 heavy (non-hydrogen) atoms. The van der Waals surface area contributed by atoms with Gasteiger partial charge >= 0.3 is 0 Å². The third-order valence-electron chi connectivity index (χ3n) is 2.47. The van der Waals surface area contributed by atoms with Crippen LogP contribution >= 0.6 is 11.6 Å². The van der Waals surface area contributed by atoms with Crippen LogP contribution in [-0.4, -0.2) is 22.0 Å². The number of nitrogens with one attached hydrogen (secondary N) is 1. The molecule has 0 unspecified atom stereocenters. The summed E-state index contributed by atoms with van der Waals surface area (Å²) in [6, 6.07) is 0. The first-order valence-corrected chi connectivity index (χ1v) is 5.52. The summed E-state index contributed by atoms with van der Waals surface area (Å²) >= 11 is 5.56. The van der Waals surface area contributed by atoms with Crippen LogP contribution in [0.2, 0.25) is 5.15 Å². The molecule has 1 aliphatic carbocycles. The lowest BCUT2D eigenvalue weighted by atomic mass is 10.4. The maximum atomic E-state index is 11.5. The molecule has 0 bridgehead atoms. The van der Waals surface area contributed by atoms with Gasteiger partial charge in [-0.05, 0) is 18.8 Å². The van der Waals surface area contributed by atoms with Crippen LogP contribution in [0.1, 0.15) is 12.8 Å². The van der Waals surface area contributed by atoms with E-state index >= 15 is 0 Å². The van der Waals surface area contributed by atoms with Gasteiger partial charge in [0, 0.05) is 18.9 Å². The second-order valence-electron chi connectivity index (χ2n) is 3.90. The van der Waals surface area contributed by atoms with E-state index in [2.05, 4.69) is 10.3 Å². The smallest absolute Gasteiger partial charge is 0.288 e. The first kappa shape index (κ1) is 11.1. The molecular weight excluding hydrogens is 230 g/mol. The fraction of sp³-hybridized carbons (Fsp3) is 0.500. The maximum Gasteiger partial charge on any atom is 0.288 e. The number of rotatable bonds is 4. The van der Waals surface area contributed by atoms with E-state index in [1.807, 2.05) is 0 Å². The van der Waals surface area contributed by atoms with Crippen LogP contribution in [0.15, 0.2) is 17.2 Å². The summed E-state index contributed by atoms with van der Waals surface area (Å²) in [6.07, 6.45) is 5.21. The molecule has 1 aromatic rings. The molecule has 0 aromatic carbocycles. The lowest BCUT2D eigenvalue weighted by molar-refractivity contribution is -0.121. The SMILES string of the molecule is O=C(Cn1ccnc(Cl)c1=O)NCC1CC1. The van der Waals surface area contributed by atoms with Crippen LogP contribution in [0.3, 0.4) is 0 Å². The molecule has 6 heteroatoms. The van der Waals surface area contributed by atoms with Crippen molar-refractivity contribution in [3.8, 4) is 0 Å². The Morgan fingerprint density at radius 3 is 3.06 bits per heavy atom. The van der Waals surface area contributed by atoms with Crippen molar-refractivity contribution in [2.45, 2.75) is 19.4 Å². The monoisotopic (exact) mass is 241 g/mol. The summed E-state index contributed by atoms with van der Waals surface area (Å²) in [6.45, 7) is 0.695. The van der Waals surface area contributed by atoms with Gasteiger partial charge in [-0.2, -0.15) is 0 Å². The first-order valence-electron chi connectivity index (χ1n) is 5.14. The Bertz CT molecular complexity index is 454. The van der Waals surface area contributed by atoms with Crippen molar-refractivity contribution >= 4 is 17.5 Å². The van der Waals surface area contributed by atoms with E-state index in [1.54, 1.807) is 0 Å². The van der Waals surface area contributed by atoms with E-state index in [1.165, 1.54) is 29.8 Å². The number of carbonyl (C=O) groups is 1. The molecule has 1 amide bonds. The summed E-state index contributed by atoms with van der Waals surface area (Å²) in [5, 5.41) is 2.66. The highest BCUT2D eigenvalue weighted by Crippen LogP contribution is 2.27. The van der Waals surface area contributed by atoms with Crippen molar-refractivity contribution in [2.75, 3.05) is 6.54 Å². The highest BCUT2D eigenvalue weighted by molar-refractivity contribution is 6.29. The highest BCUT2D eigenvalue weighted by Gasteiger charge is 2.21. The summed E-state index contributed by atoms with van der Waals surface area (Å²) in [5.41, 5.74) is -0.439. The molecule has 86 valence electrons. The predicted octanol–water partition coefficient (Wildman–Crippen LogP) is 0.423. The molecule has 0 saturated heterocycles. The van der Waals surface area contributed by atoms with Gasteiger partial charge in [-0.15, -0.1) is 0 Å². The third-order valence-corrected chi connectivity index (χ3v) is 2.73. The molecule has 5 nitrogen and oxygen atoms in total. The maximum absolute atomic E-state index is 11.5. The zero-order chi connectivity index (χ0) is 11.5. The minimum absolute atomic E-state index is 0.00616. The first-order chi connectivity index (χ1) is 7.66. The molecule has 0 atom stereocenters. The topological polar surface area (TPSA) is 64.0 Å². The quantitative estimate of drug-likeness (QED) is 0.831. The van der Waals surface area contributed by atoms with Gasteiger partial charge in [0.1, 0.15) is 6.54 Å². The number of aromatic nitrogens is 2. The molecule has 2 rings (SSSR count). The van der Waals surface area contributed by atoms with Gasteiger partial charge in [-0.1, -0.05) is 11.6 Å². The molecule has 0 radical (unpaired) electrons. The fourth-order valence-electron chi connectivity index (χ4n) is 1.34. The van der Waals surface area contributed by atoms with Gasteiger partial charge < -0.3 is 9.88 Å². The number of hydrogen-bond acceptors (Lipinski definition) is 3. The molecule has 0 aliphatic heterocycles. The lowest BCUT2D eigenvalue weighted by Gasteiger charge is -2.06. The lowest BCUT2D eigenvalue weighted by Crippen LogP contribution is -2.33. The Kier molecular flexibility index (Phi) is 3.24. The molecule has 1 aliphatic rings.